The van der Waals surface area contributed by atoms with Crippen LogP contribution in [-0.2, 0) is 9.59 Å². The first-order chi connectivity index (χ1) is 13.1. The van der Waals surface area contributed by atoms with Crippen LogP contribution < -0.4 is 9.47 Å². The van der Waals surface area contributed by atoms with Crippen molar-refractivity contribution in [3.8, 4) is 11.5 Å². The Morgan fingerprint density at radius 2 is 1.22 bits per heavy atom. The van der Waals surface area contributed by atoms with Crippen LogP contribution in [0.15, 0.2) is 40.8 Å². The molecular formula is C22H24O5. The maximum absolute atomic E-state index is 12.0. The number of para-hydroxylation sites is 2. The molecule has 2 aromatic carbocycles. The summed E-state index contributed by atoms with van der Waals surface area (Å²) in [6.45, 7) is 4.05. The predicted molar refractivity (Wildman–Crippen MR) is 104 cm³/mol. The second-order valence-electron chi connectivity index (χ2n) is 6.52. The van der Waals surface area contributed by atoms with Crippen LogP contribution in [0.2, 0.25) is 0 Å². The van der Waals surface area contributed by atoms with E-state index in [4.69, 9.17) is 13.9 Å². The highest BCUT2D eigenvalue weighted by Crippen LogP contribution is 2.38. The van der Waals surface area contributed by atoms with Crippen LogP contribution in [0.5, 0.6) is 11.5 Å². The van der Waals surface area contributed by atoms with Gasteiger partial charge in [0.25, 0.3) is 0 Å². The maximum atomic E-state index is 12.0. The van der Waals surface area contributed by atoms with Crippen molar-refractivity contribution in [2.24, 2.45) is 0 Å². The molecule has 1 heterocycles. The van der Waals surface area contributed by atoms with Gasteiger partial charge < -0.3 is 13.9 Å². The summed E-state index contributed by atoms with van der Waals surface area (Å²) in [4.78, 5) is 24.0. The third-order valence-electron chi connectivity index (χ3n) is 4.37. The van der Waals surface area contributed by atoms with Gasteiger partial charge in [-0.25, -0.2) is 0 Å². The number of fused-ring (bicyclic) bond motifs is 3. The molecule has 0 radical (unpaired) electrons. The second-order valence-corrected chi connectivity index (χ2v) is 6.52. The molecule has 27 heavy (non-hydrogen) atoms. The third kappa shape index (κ3) is 4.30. The van der Waals surface area contributed by atoms with Crippen molar-refractivity contribution in [3.63, 3.8) is 0 Å². The lowest BCUT2D eigenvalue weighted by molar-refractivity contribution is -0.135. The van der Waals surface area contributed by atoms with Crippen LogP contribution >= 0.6 is 0 Å². The van der Waals surface area contributed by atoms with E-state index in [-0.39, 0.29) is 11.9 Å². The molecule has 0 N–H and O–H groups in total. The number of hydrogen-bond donors (Lipinski definition) is 0. The van der Waals surface area contributed by atoms with Crippen LogP contribution in [0.25, 0.3) is 21.9 Å². The highest BCUT2D eigenvalue weighted by Gasteiger charge is 2.18. The van der Waals surface area contributed by atoms with Crippen LogP contribution in [-0.4, -0.2) is 11.9 Å². The fourth-order valence-electron chi connectivity index (χ4n) is 2.92. The van der Waals surface area contributed by atoms with E-state index in [9.17, 15) is 9.59 Å². The topological polar surface area (TPSA) is 65.7 Å². The summed E-state index contributed by atoms with van der Waals surface area (Å²) in [6, 6.07) is 10.8. The zero-order chi connectivity index (χ0) is 19.2. The number of hydrogen-bond acceptors (Lipinski definition) is 5. The van der Waals surface area contributed by atoms with Gasteiger partial charge in [-0.15, -0.1) is 0 Å². The average Bonchev–Trinajstić information content (AvgIpc) is 3.06. The number of carbonyl (C=O) groups excluding carboxylic acids is 2. The summed E-state index contributed by atoms with van der Waals surface area (Å²) < 4.78 is 17.0. The number of unbranched alkanes of at least 4 members (excludes halogenated alkanes) is 2. The standard InChI is InChI=1S/C22H24O5/c1-3-5-13-19(23)25-17-11-7-9-15-16-10-8-12-18(22(16)27-21(15)17)26-20(24)14-6-4-2/h7-12H,3-6,13-14H2,1-2H3. The predicted octanol–water partition coefficient (Wildman–Crippen LogP) is 5.78. The summed E-state index contributed by atoms with van der Waals surface area (Å²) in [5.41, 5.74) is 0.962. The fraction of sp³-hybridized carbons (Fsp3) is 0.364. The van der Waals surface area contributed by atoms with E-state index >= 15 is 0 Å². The number of benzene rings is 2. The van der Waals surface area contributed by atoms with Crippen molar-refractivity contribution in [2.75, 3.05) is 0 Å². The molecule has 0 saturated heterocycles. The zero-order valence-electron chi connectivity index (χ0n) is 15.7. The van der Waals surface area contributed by atoms with Crippen molar-refractivity contribution in [3.05, 3.63) is 36.4 Å². The molecule has 5 heteroatoms. The van der Waals surface area contributed by atoms with Crippen molar-refractivity contribution < 1.29 is 23.5 Å². The molecule has 0 unspecified atom stereocenters. The van der Waals surface area contributed by atoms with Gasteiger partial charge in [0.05, 0.1) is 0 Å². The number of esters is 2. The Bertz CT molecular complexity index is 878. The Morgan fingerprint density at radius 1 is 0.778 bits per heavy atom. The Balaban J connectivity index is 1.95. The van der Waals surface area contributed by atoms with Crippen LogP contribution in [0.4, 0.5) is 0 Å². The highest BCUT2D eigenvalue weighted by atomic mass is 16.5. The monoisotopic (exact) mass is 368 g/mol. The highest BCUT2D eigenvalue weighted by molar-refractivity contribution is 6.09. The lowest BCUT2D eigenvalue weighted by atomic mass is 10.1. The molecular weight excluding hydrogens is 344 g/mol. The van der Waals surface area contributed by atoms with Crippen LogP contribution in [0.1, 0.15) is 52.4 Å². The summed E-state index contributed by atoms with van der Waals surface area (Å²) >= 11 is 0. The minimum absolute atomic E-state index is 0.281. The Labute approximate surface area is 158 Å². The Kier molecular flexibility index (Phi) is 6.12. The lowest BCUT2D eigenvalue weighted by Gasteiger charge is -2.04. The summed E-state index contributed by atoms with van der Waals surface area (Å²) in [5.74, 6) is 0.202. The average molecular weight is 368 g/mol. The minimum atomic E-state index is -0.281. The molecule has 0 saturated carbocycles. The van der Waals surface area contributed by atoms with E-state index in [1.807, 2.05) is 38.1 Å². The first-order valence-corrected chi connectivity index (χ1v) is 9.49. The van der Waals surface area contributed by atoms with E-state index in [0.29, 0.717) is 35.5 Å². The zero-order valence-corrected chi connectivity index (χ0v) is 15.7. The number of carbonyl (C=O) groups is 2. The number of ether oxygens (including phenoxy) is 2. The first-order valence-electron chi connectivity index (χ1n) is 9.49. The molecule has 0 atom stereocenters. The molecule has 0 spiro atoms. The molecule has 3 aromatic rings. The van der Waals surface area contributed by atoms with Crippen LogP contribution in [0.3, 0.4) is 0 Å². The van der Waals surface area contributed by atoms with Gasteiger partial charge in [0.1, 0.15) is 0 Å². The molecule has 0 bridgehead atoms. The molecule has 1 aromatic heterocycles. The van der Waals surface area contributed by atoms with Crippen molar-refractivity contribution in [1.82, 2.24) is 0 Å². The number of rotatable bonds is 8. The Morgan fingerprint density at radius 3 is 1.63 bits per heavy atom. The van der Waals surface area contributed by atoms with Gasteiger partial charge in [-0.3, -0.25) is 9.59 Å². The van der Waals surface area contributed by atoms with Crippen molar-refractivity contribution in [2.45, 2.75) is 52.4 Å². The first kappa shape index (κ1) is 19.0. The van der Waals surface area contributed by atoms with Crippen LogP contribution in [0, 0.1) is 0 Å². The molecule has 0 aliphatic carbocycles. The molecule has 0 fully saturated rings. The second kappa shape index (κ2) is 8.71. The third-order valence-corrected chi connectivity index (χ3v) is 4.37. The van der Waals surface area contributed by atoms with Gasteiger partial charge >= 0.3 is 11.9 Å². The van der Waals surface area contributed by atoms with Crippen molar-refractivity contribution >= 4 is 33.9 Å². The molecule has 0 amide bonds. The van der Waals surface area contributed by atoms with Gasteiger partial charge in [0.2, 0.25) is 0 Å². The summed E-state index contributed by atoms with van der Waals surface area (Å²) in [6.07, 6.45) is 4.16. The fourth-order valence-corrected chi connectivity index (χ4v) is 2.92. The van der Waals surface area contributed by atoms with E-state index in [1.165, 1.54) is 0 Å². The quantitative estimate of drug-likeness (QED) is 0.372. The minimum Gasteiger partial charge on any atom is -0.448 e. The molecule has 0 aliphatic rings. The largest absolute Gasteiger partial charge is 0.448 e. The molecule has 3 rings (SSSR count). The van der Waals surface area contributed by atoms with E-state index < -0.39 is 0 Å². The summed E-state index contributed by atoms with van der Waals surface area (Å²) in [7, 11) is 0. The van der Waals surface area contributed by atoms with Gasteiger partial charge in [-0.1, -0.05) is 51.0 Å². The van der Waals surface area contributed by atoms with E-state index in [2.05, 4.69) is 0 Å². The van der Waals surface area contributed by atoms with Gasteiger partial charge in [-0.05, 0) is 25.0 Å². The van der Waals surface area contributed by atoms with E-state index in [1.54, 1.807) is 12.1 Å². The van der Waals surface area contributed by atoms with Gasteiger partial charge in [-0.2, -0.15) is 0 Å². The molecule has 142 valence electrons. The SMILES string of the molecule is CCCCC(=O)Oc1cccc2c1oc1c(OC(=O)CCCC)cccc12. The van der Waals surface area contributed by atoms with Gasteiger partial charge in [0, 0.05) is 23.6 Å². The lowest BCUT2D eigenvalue weighted by Crippen LogP contribution is -2.07. The van der Waals surface area contributed by atoms with Crippen molar-refractivity contribution in [1.29, 1.82) is 0 Å². The molecule has 0 aliphatic heterocycles. The smallest absolute Gasteiger partial charge is 0.311 e. The number of furan rings is 1. The van der Waals surface area contributed by atoms with Gasteiger partial charge in [0.15, 0.2) is 22.7 Å². The maximum Gasteiger partial charge on any atom is 0.311 e. The van der Waals surface area contributed by atoms with E-state index in [0.717, 1.165) is 36.5 Å². The Hall–Kier alpha value is -2.82. The molecule has 5 nitrogen and oxygen atoms in total. The summed E-state index contributed by atoms with van der Waals surface area (Å²) in [5, 5.41) is 1.63. The normalized spacial score (nSPS) is 11.0.